The molecule has 2 aromatic rings. The zero-order valence-corrected chi connectivity index (χ0v) is 19.5. The maximum Gasteiger partial charge on any atom is 0.407 e. The molecule has 1 aliphatic carbocycles. The number of benzene rings is 2. The van der Waals surface area contributed by atoms with Crippen molar-refractivity contribution in [2.75, 3.05) is 19.7 Å². The van der Waals surface area contributed by atoms with Gasteiger partial charge in [-0.3, -0.25) is 9.59 Å². The third kappa shape index (κ3) is 5.14. The average Bonchev–Trinajstić information content (AvgIpc) is 3.10. The number of likely N-dealkylation sites (tertiary alicyclic amines) is 1. The predicted molar refractivity (Wildman–Crippen MR) is 128 cm³/mol. The molecule has 7 nitrogen and oxygen atoms in total. The molecule has 1 heterocycles. The van der Waals surface area contributed by atoms with Crippen molar-refractivity contribution in [2.24, 2.45) is 5.92 Å². The van der Waals surface area contributed by atoms with E-state index in [0.717, 1.165) is 27.8 Å². The van der Waals surface area contributed by atoms with Crippen LogP contribution in [0.1, 0.15) is 43.7 Å². The summed E-state index contributed by atoms with van der Waals surface area (Å²) in [5, 5.41) is 11.7. The third-order valence-corrected chi connectivity index (χ3v) is 6.43. The number of aliphatic carboxylic acids is 1. The summed E-state index contributed by atoms with van der Waals surface area (Å²) in [7, 11) is 0. The average molecular weight is 463 g/mol. The fourth-order valence-corrected chi connectivity index (χ4v) is 4.70. The topological polar surface area (TPSA) is 95.9 Å². The number of alkyl carbamates (subject to hydrolysis) is 1. The number of allylic oxidation sites excluding steroid dienone is 1. The molecule has 34 heavy (non-hydrogen) atoms. The summed E-state index contributed by atoms with van der Waals surface area (Å²) in [5.74, 6) is -1.18. The Labute approximate surface area is 199 Å². The zero-order chi connectivity index (χ0) is 24.2. The van der Waals surface area contributed by atoms with Gasteiger partial charge in [0.1, 0.15) is 12.6 Å². The number of carbonyl (C=O) groups excluding carboxylic acids is 2. The number of hydrogen-bond donors (Lipinski definition) is 2. The maximum absolute atomic E-state index is 13.0. The number of amides is 2. The predicted octanol–water partition coefficient (Wildman–Crippen LogP) is 4.18. The van der Waals surface area contributed by atoms with Gasteiger partial charge in [0.15, 0.2) is 0 Å². The Morgan fingerprint density at radius 2 is 1.65 bits per heavy atom. The van der Waals surface area contributed by atoms with Crippen molar-refractivity contribution in [2.45, 2.75) is 38.6 Å². The molecule has 1 unspecified atom stereocenters. The Bertz CT molecular complexity index is 1070. The van der Waals surface area contributed by atoms with Gasteiger partial charge >= 0.3 is 12.1 Å². The van der Waals surface area contributed by atoms with Crippen molar-refractivity contribution in [1.82, 2.24) is 10.2 Å². The largest absolute Gasteiger partial charge is 0.481 e. The quantitative estimate of drug-likeness (QED) is 0.574. The summed E-state index contributed by atoms with van der Waals surface area (Å²) in [6, 6.07) is 15.5. The van der Waals surface area contributed by atoms with E-state index >= 15 is 0 Å². The Kier molecular flexibility index (Phi) is 7.01. The number of hydrogen-bond acceptors (Lipinski definition) is 4. The summed E-state index contributed by atoms with van der Waals surface area (Å²) < 4.78 is 5.61. The number of ether oxygens (including phenoxy) is 1. The number of carbonyl (C=O) groups is 3. The van der Waals surface area contributed by atoms with E-state index in [2.05, 4.69) is 29.6 Å². The maximum atomic E-state index is 13.0. The van der Waals surface area contributed by atoms with E-state index in [-0.39, 0.29) is 30.8 Å². The lowest BCUT2D eigenvalue weighted by molar-refractivity contribution is -0.146. The van der Waals surface area contributed by atoms with Gasteiger partial charge in [0.25, 0.3) is 0 Å². The van der Waals surface area contributed by atoms with Gasteiger partial charge in [0.2, 0.25) is 5.91 Å². The van der Waals surface area contributed by atoms with Gasteiger partial charge in [0.05, 0.1) is 6.42 Å². The van der Waals surface area contributed by atoms with E-state index in [4.69, 9.17) is 9.84 Å². The highest BCUT2D eigenvalue weighted by atomic mass is 16.5. The summed E-state index contributed by atoms with van der Waals surface area (Å²) in [6.07, 6.45) is 1.67. The van der Waals surface area contributed by atoms with Crippen LogP contribution in [-0.4, -0.2) is 53.7 Å². The Morgan fingerprint density at radius 3 is 2.21 bits per heavy atom. The Morgan fingerprint density at radius 1 is 1.06 bits per heavy atom. The number of carboxylic acids is 1. The molecule has 0 saturated carbocycles. The van der Waals surface area contributed by atoms with E-state index in [0.29, 0.717) is 19.5 Å². The highest BCUT2D eigenvalue weighted by Crippen LogP contribution is 2.44. The van der Waals surface area contributed by atoms with E-state index in [1.165, 1.54) is 0 Å². The molecule has 2 N–H and O–H groups in total. The molecule has 2 aliphatic rings. The first-order chi connectivity index (χ1) is 16.3. The van der Waals surface area contributed by atoms with Crippen molar-refractivity contribution in [3.05, 3.63) is 71.3 Å². The number of nitrogens with one attached hydrogen (secondary N) is 1. The molecule has 0 aromatic heterocycles. The number of fused-ring (bicyclic) bond motifs is 3. The number of nitrogens with zero attached hydrogens (tertiary/aromatic N) is 1. The normalized spacial score (nSPS) is 15.5. The molecular weight excluding hydrogens is 432 g/mol. The van der Waals surface area contributed by atoms with Gasteiger partial charge in [-0.05, 0) is 42.5 Å². The molecule has 2 aromatic carbocycles. The fourth-order valence-electron chi connectivity index (χ4n) is 4.70. The van der Waals surface area contributed by atoms with Crippen LogP contribution in [0.2, 0.25) is 0 Å². The molecular formula is C27H30N2O5. The van der Waals surface area contributed by atoms with Gasteiger partial charge in [-0.1, -0.05) is 60.2 Å². The molecule has 0 radical (unpaired) electrons. The molecule has 2 amide bonds. The van der Waals surface area contributed by atoms with E-state index < -0.39 is 18.1 Å². The molecule has 1 atom stereocenters. The Hall–Kier alpha value is -3.61. The van der Waals surface area contributed by atoms with Crippen LogP contribution in [0.5, 0.6) is 0 Å². The van der Waals surface area contributed by atoms with Gasteiger partial charge < -0.3 is 20.1 Å². The standard InChI is InChI=1S/C27H30N2O5/c1-17(2)11-12-24(26(32)29-14-18(15-29)13-25(30)31)28-27(33)34-16-23-21-9-5-3-7-19(21)20-8-4-6-10-22(20)23/h3-11,18,23-24H,12-16H2,1-2H3,(H,28,33)(H,30,31). The third-order valence-electron chi connectivity index (χ3n) is 6.43. The molecule has 1 saturated heterocycles. The molecule has 1 fully saturated rings. The van der Waals surface area contributed by atoms with Crippen LogP contribution in [0.4, 0.5) is 4.79 Å². The molecule has 178 valence electrons. The zero-order valence-electron chi connectivity index (χ0n) is 19.5. The van der Waals surface area contributed by atoms with Crippen molar-refractivity contribution >= 4 is 18.0 Å². The van der Waals surface area contributed by atoms with Crippen LogP contribution in [0.25, 0.3) is 11.1 Å². The van der Waals surface area contributed by atoms with Gasteiger partial charge in [-0.2, -0.15) is 0 Å². The Balaban J connectivity index is 1.39. The second kappa shape index (κ2) is 10.1. The van der Waals surface area contributed by atoms with Crippen LogP contribution >= 0.6 is 0 Å². The van der Waals surface area contributed by atoms with E-state index in [9.17, 15) is 14.4 Å². The summed E-state index contributed by atoms with van der Waals surface area (Å²) in [4.78, 5) is 38.2. The lowest BCUT2D eigenvalue weighted by Crippen LogP contribution is -2.57. The van der Waals surface area contributed by atoms with Crippen molar-refractivity contribution in [3.8, 4) is 11.1 Å². The SMILES string of the molecule is CC(C)=CCC(NC(=O)OCC1c2ccccc2-c2ccccc21)C(=O)N1CC(CC(=O)O)C1. The van der Waals surface area contributed by atoms with Crippen molar-refractivity contribution in [3.63, 3.8) is 0 Å². The van der Waals surface area contributed by atoms with Gasteiger partial charge in [-0.25, -0.2) is 4.79 Å². The first kappa shape index (κ1) is 23.5. The minimum Gasteiger partial charge on any atom is -0.481 e. The number of carboxylic acid groups (broad SMARTS) is 1. The van der Waals surface area contributed by atoms with E-state index in [1.807, 2.05) is 44.2 Å². The summed E-state index contributed by atoms with van der Waals surface area (Å²) >= 11 is 0. The molecule has 7 heteroatoms. The second-order valence-corrected chi connectivity index (χ2v) is 9.25. The minimum absolute atomic E-state index is 0.0417. The summed E-state index contributed by atoms with van der Waals surface area (Å²) in [6.45, 7) is 4.82. The molecule has 0 spiro atoms. The smallest absolute Gasteiger partial charge is 0.407 e. The second-order valence-electron chi connectivity index (χ2n) is 9.25. The first-order valence-electron chi connectivity index (χ1n) is 11.6. The van der Waals surface area contributed by atoms with E-state index in [1.54, 1.807) is 4.90 Å². The minimum atomic E-state index is -0.866. The van der Waals surface area contributed by atoms with Crippen LogP contribution in [0.3, 0.4) is 0 Å². The first-order valence-corrected chi connectivity index (χ1v) is 11.6. The lowest BCUT2D eigenvalue weighted by Gasteiger charge is -2.40. The van der Waals surface area contributed by atoms with Crippen LogP contribution in [0, 0.1) is 5.92 Å². The monoisotopic (exact) mass is 462 g/mol. The van der Waals surface area contributed by atoms with Gasteiger partial charge in [0, 0.05) is 24.9 Å². The fraction of sp³-hybridized carbons (Fsp3) is 0.370. The van der Waals surface area contributed by atoms with Crippen molar-refractivity contribution < 1.29 is 24.2 Å². The van der Waals surface area contributed by atoms with Crippen molar-refractivity contribution in [1.29, 1.82) is 0 Å². The molecule has 0 bridgehead atoms. The highest BCUT2D eigenvalue weighted by Gasteiger charge is 2.36. The van der Waals surface area contributed by atoms with Crippen LogP contribution in [-0.2, 0) is 14.3 Å². The van der Waals surface area contributed by atoms with Crippen LogP contribution < -0.4 is 5.32 Å². The highest BCUT2D eigenvalue weighted by molar-refractivity contribution is 5.86. The van der Waals surface area contributed by atoms with Crippen LogP contribution in [0.15, 0.2) is 60.2 Å². The van der Waals surface area contributed by atoms with Gasteiger partial charge in [-0.15, -0.1) is 0 Å². The molecule has 1 aliphatic heterocycles. The molecule has 4 rings (SSSR count). The lowest BCUT2D eigenvalue weighted by atomic mass is 9.95. The number of rotatable bonds is 8. The summed E-state index contributed by atoms with van der Waals surface area (Å²) in [5.41, 5.74) is 5.59.